The van der Waals surface area contributed by atoms with Crippen molar-refractivity contribution in [3.63, 3.8) is 0 Å². The minimum Gasteiger partial charge on any atom is -0.508 e. The highest BCUT2D eigenvalue weighted by Gasteiger charge is 2.14. The number of carbonyl (C=O) groups excluding carboxylic acids is 1. The first-order chi connectivity index (χ1) is 9.15. The first-order valence-electron chi connectivity index (χ1n) is 6.95. The lowest BCUT2D eigenvalue weighted by Gasteiger charge is -2.22. The summed E-state index contributed by atoms with van der Waals surface area (Å²) in [5, 5.41) is 15.6. The van der Waals surface area contributed by atoms with E-state index < -0.39 is 0 Å². The number of phenols is 1. The summed E-state index contributed by atoms with van der Waals surface area (Å²) in [7, 11) is 0. The van der Waals surface area contributed by atoms with Crippen molar-refractivity contribution in [3.05, 3.63) is 23.8 Å². The van der Waals surface area contributed by atoms with Crippen LogP contribution >= 0.6 is 0 Å². The number of rotatable bonds is 4. The number of aryl methyl sites for hydroxylation is 1. The van der Waals surface area contributed by atoms with E-state index in [4.69, 9.17) is 0 Å². The number of hydrogen-bond donors (Lipinski definition) is 3. The van der Waals surface area contributed by atoms with Crippen molar-refractivity contribution < 1.29 is 9.90 Å². The van der Waals surface area contributed by atoms with Gasteiger partial charge in [0.25, 0.3) is 0 Å². The van der Waals surface area contributed by atoms with Gasteiger partial charge in [0.05, 0.1) is 0 Å². The lowest BCUT2D eigenvalue weighted by molar-refractivity contribution is -0.116. The van der Waals surface area contributed by atoms with Crippen molar-refractivity contribution in [1.29, 1.82) is 0 Å². The SMILES string of the molecule is Cc1cc(NC(=O)CCC2CCNCC2)ccc1O. The summed E-state index contributed by atoms with van der Waals surface area (Å²) in [6, 6.07) is 5.13. The van der Waals surface area contributed by atoms with Crippen molar-refractivity contribution >= 4 is 11.6 Å². The molecule has 1 aromatic rings. The molecule has 0 bridgehead atoms. The topological polar surface area (TPSA) is 61.4 Å². The minimum atomic E-state index is 0.0589. The summed E-state index contributed by atoms with van der Waals surface area (Å²) in [6.45, 7) is 3.97. The number of phenolic OH excluding ortho intramolecular Hbond substituents is 1. The van der Waals surface area contributed by atoms with Crippen LogP contribution in [0.4, 0.5) is 5.69 Å². The molecule has 1 heterocycles. The predicted octanol–water partition coefficient (Wildman–Crippen LogP) is 2.42. The molecule has 0 unspecified atom stereocenters. The molecule has 0 aliphatic carbocycles. The molecule has 0 spiro atoms. The molecule has 0 saturated carbocycles. The number of aromatic hydroxyl groups is 1. The van der Waals surface area contributed by atoms with Crippen LogP contribution in [0.5, 0.6) is 5.75 Å². The van der Waals surface area contributed by atoms with Crippen LogP contribution < -0.4 is 10.6 Å². The maximum absolute atomic E-state index is 11.9. The van der Waals surface area contributed by atoms with Crippen LogP contribution in [0.2, 0.25) is 0 Å². The molecule has 0 atom stereocenters. The second-order valence-electron chi connectivity index (χ2n) is 5.28. The normalized spacial score (nSPS) is 16.3. The third-order valence-corrected chi connectivity index (χ3v) is 3.72. The number of benzene rings is 1. The second kappa shape index (κ2) is 6.57. The molecular formula is C15H22N2O2. The smallest absolute Gasteiger partial charge is 0.224 e. The van der Waals surface area contributed by atoms with E-state index in [1.807, 2.05) is 6.92 Å². The van der Waals surface area contributed by atoms with E-state index in [0.717, 1.165) is 30.8 Å². The molecule has 4 nitrogen and oxygen atoms in total. The van der Waals surface area contributed by atoms with Gasteiger partial charge < -0.3 is 15.7 Å². The first-order valence-corrected chi connectivity index (χ1v) is 6.95. The van der Waals surface area contributed by atoms with Crippen LogP contribution in [0.3, 0.4) is 0 Å². The molecule has 0 radical (unpaired) electrons. The Hall–Kier alpha value is -1.55. The molecule has 1 saturated heterocycles. The second-order valence-corrected chi connectivity index (χ2v) is 5.28. The largest absolute Gasteiger partial charge is 0.508 e. The number of amides is 1. The van der Waals surface area contributed by atoms with Crippen molar-refractivity contribution in [1.82, 2.24) is 5.32 Å². The fourth-order valence-corrected chi connectivity index (χ4v) is 2.46. The van der Waals surface area contributed by atoms with Gasteiger partial charge in [0.2, 0.25) is 5.91 Å². The zero-order valence-corrected chi connectivity index (χ0v) is 11.4. The van der Waals surface area contributed by atoms with Crippen LogP contribution in [0, 0.1) is 12.8 Å². The van der Waals surface area contributed by atoms with E-state index in [1.165, 1.54) is 12.8 Å². The monoisotopic (exact) mass is 262 g/mol. The quantitative estimate of drug-likeness (QED) is 0.730. The zero-order valence-electron chi connectivity index (χ0n) is 11.4. The van der Waals surface area contributed by atoms with E-state index in [1.54, 1.807) is 18.2 Å². The van der Waals surface area contributed by atoms with Gasteiger partial charge in [-0.15, -0.1) is 0 Å². The van der Waals surface area contributed by atoms with Crippen molar-refractivity contribution in [2.75, 3.05) is 18.4 Å². The average molecular weight is 262 g/mol. The Morgan fingerprint density at radius 1 is 1.42 bits per heavy atom. The highest BCUT2D eigenvalue weighted by atomic mass is 16.3. The van der Waals surface area contributed by atoms with Crippen molar-refractivity contribution in [2.45, 2.75) is 32.6 Å². The molecule has 3 N–H and O–H groups in total. The lowest BCUT2D eigenvalue weighted by Crippen LogP contribution is -2.28. The molecule has 1 aliphatic heterocycles. The maximum Gasteiger partial charge on any atom is 0.224 e. The van der Waals surface area contributed by atoms with Gasteiger partial charge in [-0.2, -0.15) is 0 Å². The number of nitrogens with one attached hydrogen (secondary N) is 2. The summed E-state index contributed by atoms with van der Waals surface area (Å²) in [5.41, 5.74) is 1.53. The van der Waals surface area contributed by atoms with Gasteiger partial charge in [0.15, 0.2) is 0 Å². The van der Waals surface area contributed by atoms with Crippen LogP contribution in [0.1, 0.15) is 31.2 Å². The summed E-state index contributed by atoms with van der Waals surface area (Å²) in [5.74, 6) is 0.991. The Labute approximate surface area is 114 Å². The Morgan fingerprint density at radius 3 is 2.84 bits per heavy atom. The standard InChI is InChI=1S/C15H22N2O2/c1-11-10-13(3-4-14(11)18)17-15(19)5-2-12-6-8-16-9-7-12/h3-4,10,12,16,18H,2,5-9H2,1H3,(H,17,19). The van der Waals surface area contributed by atoms with E-state index in [2.05, 4.69) is 10.6 Å². The highest BCUT2D eigenvalue weighted by Crippen LogP contribution is 2.21. The van der Waals surface area contributed by atoms with E-state index in [-0.39, 0.29) is 11.7 Å². The van der Waals surface area contributed by atoms with E-state index in [0.29, 0.717) is 12.3 Å². The van der Waals surface area contributed by atoms with Crippen LogP contribution in [-0.4, -0.2) is 24.1 Å². The summed E-state index contributed by atoms with van der Waals surface area (Å²) in [6.07, 6.45) is 3.88. The van der Waals surface area contributed by atoms with Crippen LogP contribution in [-0.2, 0) is 4.79 Å². The zero-order chi connectivity index (χ0) is 13.7. The van der Waals surface area contributed by atoms with Crippen molar-refractivity contribution in [3.8, 4) is 5.75 Å². The molecule has 104 valence electrons. The Balaban J connectivity index is 1.78. The van der Waals surface area contributed by atoms with Gasteiger partial charge in [-0.25, -0.2) is 0 Å². The van der Waals surface area contributed by atoms with Gasteiger partial charge in [-0.3, -0.25) is 4.79 Å². The van der Waals surface area contributed by atoms with Crippen LogP contribution in [0.25, 0.3) is 0 Å². The molecule has 2 rings (SSSR count). The summed E-state index contributed by atoms with van der Waals surface area (Å²) < 4.78 is 0. The van der Waals surface area contributed by atoms with E-state index >= 15 is 0 Å². The number of hydrogen-bond acceptors (Lipinski definition) is 3. The average Bonchev–Trinajstić information content (AvgIpc) is 2.42. The molecule has 19 heavy (non-hydrogen) atoms. The predicted molar refractivity (Wildman–Crippen MR) is 76.3 cm³/mol. The minimum absolute atomic E-state index is 0.0589. The van der Waals surface area contributed by atoms with Gasteiger partial charge in [0.1, 0.15) is 5.75 Å². The summed E-state index contributed by atoms with van der Waals surface area (Å²) >= 11 is 0. The number of piperidine rings is 1. The van der Waals surface area contributed by atoms with Gasteiger partial charge in [-0.1, -0.05) is 0 Å². The highest BCUT2D eigenvalue weighted by molar-refractivity contribution is 5.90. The third kappa shape index (κ3) is 4.24. The Bertz CT molecular complexity index is 440. The number of carbonyl (C=O) groups is 1. The van der Waals surface area contributed by atoms with E-state index in [9.17, 15) is 9.90 Å². The molecule has 4 heteroatoms. The van der Waals surface area contributed by atoms with Gasteiger partial charge >= 0.3 is 0 Å². The molecule has 1 fully saturated rings. The van der Waals surface area contributed by atoms with Gasteiger partial charge in [0, 0.05) is 12.1 Å². The molecular weight excluding hydrogens is 240 g/mol. The first kappa shape index (κ1) is 13.9. The fourth-order valence-electron chi connectivity index (χ4n) is 2.46. The molecule has 1 amide bonds. The molecule has 0 aromatic heterocycles. The Morgan fingerprint density at radius 2 is 2.16 bits per heavy atom. The number of anilines is 1. The molecule has 1 aliphatic rings. The third-order valence-electron chi connectivity index (χ3n) is 3.72. The van der Waals surface area contributed by atoms with Crippen LogP contribution in [0.15, 0.2) is 18.2 Å². The maximum atomic E-state index is 11.9. The molecule has 1 aromatic carbocycles. The van der Waals surface area contributed by atoms with Crippen molar-refractivity contribution in [2.24, 2.45) is 5.92 Å². The summed E-state index contributed by atoms with van der Waals surface area (Å²) in [4.78, 5) is 11.9. The Kier molecular flexibility index (Phi) is 4.80. The lowest BCUT2D eigenvalue weighted by atomic mass is 9.93. The van der Waals surface area contributed by atoms with Gasteiger partial charge in [-0.05, 0) is 69.0 Å². The fraction of sp³-hybridized carbons (Fsp3) is 0.533.